The molecule has 0 spiro atoms. The highest BCUT2D eigenvalue weighted by Crippen LogP contribution is 2.34. The second-order valence-corrected chi connectivity index (χ2v) is 5.99. The lowest BCUT2D eigenvalue weighted by Crippen LogP contribution is -2.08. The number of hydrogen-bond acceptors (Lipinski definition) is 8. The third-order valence-corrected chi connectivity index (χ3v) is 4.12. The van der Waals surface area contributed by atoms with Crippen LogP contribution in [0, 0.1) is 17.0 Å². The Bertz CT molecular complexity index is 923. The molecule has 3 aromatic rings. The molecule has 0 aliphatic heterocycles. The Labute approximate surface area is 141 Å². The standard InChI is InChI=1S/C15H14N6O2S/c1-3-6-16-13-12(21(22)23)14(18-8-17-13)20-15-19-10-5-4-9(2)7-11(10)24-15/h3-5,7-8H,1,6H2,2H3,(H2,16,17,18,19,20). The van der Waals surface area contributed by atoms with E-state index in [0.29, 0.717) is 11.7 Å². The molecule has 0 bridgehead atoms. The molecule has 2 aromatic heterocycles. The number of benzene rings is 1. The van der Waals surface area contributed by atoms with Gasteiger partial charge in [0, 0.05) is 6.54 Å². The van der Waals surface area contributed by atoms with Gasteiger partial charge in [0.1, 0.15) is 6.33 Å². The number of rotatable bonds is 6. The average molecular weight is 342 g/mol. The molecule has 0 unspecified atom stereocenters. The van der Waals surface area contributed by atoms with Gasteiger partial charge in [0.25, 0.3) is 0 Å². The van der Waals surface area contributed by atoms with E-state index in [4.69, 9.17) is 0 Å². The van der Waals surface area contributed by atoms with Gasteiger partial charge >= 0.3 is 5.69 Å². The second kappa shape index (κ2) is 6.59. The summed E-state index contributed by atoms with van der Waals surface area (Å²) in [6.07, 6.45) is 2.85. The van der Waals surface area contributed by atoms with Crippen molar-refractivity contribution in [1.82, 2.24) is 15.0 Å². The Morgan fingerprint density at radius 1 is 1.38 bits per heavy atom. The maximum atomic E-state index is 11.4. The summed E-state index contributed by atoms with van der Waals surface area (Å²) in [5, 5.41) is 17.7. The number of anilines is 3. The van der Waals surface area contributed by atoms with Gasteiger partial charge in [0.15, 0.2) is 5.13 Å². The van der Waals surface area contributed by atoms with E-state index in [0.717, 1.165) is 15.8 Å². The van der Waals surface area contributed by atoms with Gasteiger partial charge in [0.05, 0.1) is 15.1 Å². The van der Waals surface area contributed by atoms with Crippen LogP contribution in [0.5, 0.6) is 0 Å². The largest absolute Gasteiger partial charge is 0.361 e. The fraction of sp³-hybridized carbons (Fsp3) is 0.133. The molecule has 0 saturated heterocycles. The predicted octanol–water partition coefficient (Wildman–Crippen LogP) is 3.64. The Hall–Kier alpha value is -3.07. The summed E-state index contributed by atoms with van der Waals surface area (Å²) in [5.41, 5.74) is 1.73. The van der Waals surface area contributed by atoms with Crippen LogP contribution in [0.15, 0.2) is 37.2 Å². The second-order valence-electron chi connectivity index (χ2n) is 4.96. The lowest BCUT2D eigenvalue weighted by atomic mass is 10.2. The first-order valence-corrected chi connectivity index (χ1v) is 7.88. The van der Waals surface area contributed by atoms with Crippen molar-refractivity contribution in [2.24, 2.45) is 0 Å². The fourth-order valence-electron chi connectivity index (χ4n) is 2.13. The summed E-state index contributed by atoms with van der Waals surface area (Å²) in [4.78, 5) is 23.2. The zero-order valence-corrected chi connectivity index (χ0v) is 13.6. The van der Waals surface area contributed by atoms with Crippen LogP contribution in [-0.2, 0) is 0 Å². The smallest absolute Gasteiger partial charge is 0.353 e. The van der Waals surface area contributed by atoms with Gasteiger partial charge in [-0.1, -0.05) is 23.5 Å². The highest BCUT2D eigenvalue weighted by atomic mass is 32.1. The van der Waals surface area contributed by atoms with Gasteiger partial charge in [-0.25, -0.2) is 15.0 Å². The molecule has 2 heterocycles. The number of nitrogens with one attached hydrogen (secondary N) is 2. The molecule has 8 nitrogen and oxygen atoms in total. The number of nitrogens with zero attached hydrogens (tertiary/aromatic N) is 4. The molecule has 0 amide bonds. The van der Waals surface area contributed by atoms with Crippen molar-refractivity contribution >= 4 is 44.0 Å². The maximum absolute atomic E-state index is 11.4. The molecule has 1 aromatic carbocycles. The normalized spacial score (nSPS) is 10.5. The van der Waals surface area contributed by atoms with Gasteiger partial charge in [-0.15, -0.1) is 6.58 Å². The zero-order chi connectivity index (χ0) is 17.1. The Kier molecular flexibility index (Phi) is 4.34. The van der Waals surface area contributed by atoms with E-state index in [1.807, 2.05) is 25.1 Å². The molecule has 0 atom stereocenters. The minimum absolute atomic E-state index is 0.0948. The Balaban J connectivity index is 1.98. The van der Waals surface area contributed by atoms with E-state index >= 15 is 0 Å². The first-order valence-electron chi connectivity index (χ1n) is 7.07. The summed E-state index contributed by atoms with van der Waals surface area (Å²) in [6.45, 7) is 5.93. The van der Waals surface area contributed by atoms with E-state index < -0.39 is 4.92 Å². The van der Waals surface area contributed by atoms with Crippen LogP contribution in [0.3, 0.4) is 0 Å². The topological polar surface area (TPSA) is 106 Å². The summed E-state index contributed by atoms with van der Waals surface area (Å²) in [6, 6.07) is 5.90. The van der Waals surface area contributed by atoms with E-state index in [9.17, 15) is 10.1 Å². The summed E-state index contributed by atoms with van der Waals surface area (Å²) in [7, 11) is 0. The quantitative estimate of drug-likeness (QED) is 0.400. The maximum Gasteiger partial charge on any atom is 0.353 e. The molecule has 0 aliphatic carbocycles. The van der Waals surface area contributed by atoms with E-state index in [-0.39, 0.29) is 17.3 Å². The van der Waals surface area contributed by atoms with Gasteiger partial charge in [-0.2, -0.15) is 0 Å². The summed E-state index contributed by atoms with van der Waals surface area (Å²) >= 11 is 1.41. The zero-order valence-electron chi connectivity index (χ0n) is 12.8. The lowest BCUT2D eigenvalue weighted by Gasteiger charge is -2.07. The van der Waals surface area contributed by atoms with Crippen LogP contribution in [0.4, 0.5) is 22.5 Å². The summed E-state index contributed by atoms with van der Waals surface area (Å²) in [5.74, 6) is 0.228. The molecule has 0 radical (unpaired) electrons. The first kappa shape index (κ1) is 15.8. The average Bonchev–Trinajstić information content (AvgIpc) is 2.93. The van der Waals surface area contributed by atoms with Crippen molar-refractivity contribution in [1.29, 1.82) is 0 Å². The van der Waals surface area contributed by atoms with Gasteiger partial charge in [-0.3, -0.25) is 10.1 Å². The third-order valence-electron chi connectivity index (χ3n) is 3.19. The van der Waals surface area contributed by atoms with E-state index in [1.165, 1.54) is 17.7 Å². The van der Waals surface area contributed by atoms with Gasteiger partial charge < -0.3 is 10.6 Å². The highest BCUT2D eigenvalue weighted by molar-refractivity contribution is 7.22. The number of aromatic nitrogens is 3. The van der Waals surface area contributed by atoms with Crippen molar-refractivity contribution < 1.29 is 4.92 Å². The molecule has 0 saturated carbocycles. The Morgan fingerprint density at radius 3 is 2.92 bits per heavy atom. The minimum atomic E-state index is -0.523. The van der Waals surface area contributed by atoms with Crippen molar-refractivity contribution in [3.63, 3.8) is 0 Å². The number of fused-ring (bicyclic) bond motifs is 1. The molecule has 2 N–H and O–H groups in total. The predicted molar refractivity (Wildman–Crippen MR) is 95.0 cm³/mol. The molecule has 122 valence electrons. The summed E-state index contributed by atoms with van der Waals surface area (Å²) < 4.78 is 0.999. The minimum Gasteiger partial charge on any atom is -0.361 e. The molecule has 0 fully saturated rings. The lowest BCUT2D eigenvalue weighted by molar-refractivity contribution is -0.383. The first-order chi connectivity index (χ1) is 11.6. The Morgan fingerprint density at radius 2 is 2.17 bits per heavy atom. The number of hydrogen-bond donors (Lipinski definition) is 2. The van der Waals surface area contributed by atoms with Crippen LogP contribution in [0.1, 0.15) is 5.56 Å². The molecule has 0 aliphatic rings. The number of aryl methyl sites for hydroxylation is 1. The highest BCUT2D eigenvalue weighted by Gasteiger charge is 2.23. The molecule has 3 rings (SSSR count). The number of nitro groups is 1. The molecule has 24 heavy (non-hydrogen) atoms. The van der Waals surface area contributed by atoms with Crippen LogP contribution in [0.25, 0.3) is 10.2 Å². The van der Waals surface area contributed by atoms with Crippen molar-refractivity contribution in [3.8, 4) is 0 Å². The van der Waals surface area contributed by atoms with Gasteiger partial charge in [-0.05, 0) is 24.6 Å². The van der Waals surface area contributed by atoms with Gasteiger partial charge in [0.2, 0.25) is 11.6 Å². The number of thiazole rings is 1. The van der Waals surface area contributed by atoms with Crippen molar-refractivity contribution in [2.45, 2.75) is 6.92 Å². The monoisotopic (exact) mass is 342 g/mol. The molecular weight excluding hydrogens is 328 g/mol. The van der Waals surface area contributed by atoms with Crippen LogP contribution < -0.4 is 10.6 Å². The van der Waals surface area contributed by atoms with E-state index in [1.54, 1.807) is 6.08 Å². The van der Waals surface area contributed by atoms with Crippen LogP contribution in [-0.4, -0.2) is 26.4 Å². The third kappa shape index (κ3) is 3.15. The van der Waals surface area contributed by atoms with Crippen molar-refractivity contribution in [3.05, 3.63) is 52.9 Å². The van der Waals surface area contributed by atoms with Crippen LogP contribution in [0.2, 0.25) is 0 Å². The molecule has 9 heteroatoms. The van der Waals surface area contributed by atoms with Crippen LogP contribution >= 0.6 is 11.3 Å². The SMILES string of the molecule is C=CCNc1ncnc(Nc2nc3ccc(C)cc3s2)c1[N+](=O)[O-]. The fourth-order valence-corrected chi connectivity index (χ4v) is 3.09. The van der Waals surface area contributed by atoms with E-state index in [2.05, 4.69) is 32.2 Å². The van der Waals surface area contributed by atoms with Crippen molar-refractivity contribution in [2.75, 3.05) is 17.2 Å². The molecular formula is C15H14N6O2S.